The minimum atomic E-state index is -1.05. The van der Waals surface area contributed by atoms with Crippen molar-refractivity contribution in [2.45, 2.75) is 26.3 Å². The highest BCUT2D eigenvalue weighted by atomic mass is 79.9. The Morgan fingerprint density at radius 3 is 2.58 bits per heavy atom. The highest BCUT2D eigenvalue weighted by molar-refractivity contribution is 9.10. The average Bonchev–Trinajstić information content (AvgIpc) is 2.34. The molecule has 0 aromatic heterocycles. The number of carboxylic acid groups (broad SMARTS) is 1. The van der Waals surface area contributed by atoms with E-state index in [0.717, 1.165) is 4.47 Å². The van der Waals surface area contributed by atoms with Crippen molar-refractivity contribution >= 4 is 39.4 Å². The van der Waals surface area contributed by atoms with Gasteiger partial charge in [-0.2, -0.15) is 0 Å². The lowest BCUT2D eigenvalue weighted by atomic mass is 9.99. The first kappa shape index (κ1) is 16.0. The number of carbonyl (C=O) groups excluding carboxylic acids is 1. The normalized spacial score (nSPS) is 13.7. The fourth-order valence-electron chi connectivity index (χ4n) is 1.58. The average molecular weight is 349 g/mol. The predicted octanol–water partition coefficient (Wildman–Crippen LogP) is 3.33. The molecule has 1 aromatic carbocycles. The third-order valence-electron chi connectivity index (χ3n) is 2.94. The second kappa shape index (κ2) is 6.91. The van der Waals surface area contributed by atoms with Crippen LogP contribution in [0.4, 0.5) is 0 Å². The monoisotopic (exact) mass is 347 g/mol. The molecule has 0 heterocycles. The number of carbonyl (C=O) groups is 2. The molecule has 6 heteroatoms. The van der Waals surface area contributed by atoms with Crippen LogP contribution in [-0.4, -0.2) is 23.0 Å². The number of aliphatic carboxylic acids is 1. The first-order valence-electron chi connectivity index (χ1n) is 5.85. The van der Waals surface area contributed by atoms with Crippen LogP contribution in [0.3, 0.4) is 0 Å². The van der Waals surface area contributed by atoms with Crippen molar-refractivity contribution in [3.05, 3.63) is 33.3 Å². The van der Waals surface area contributed by atoms with E-state index in [-0.39, 0.29) is 16.5 Å². The van der Waals surface area contributed by atoms with Gasteiger partial charge in [-0.1, -0.05) is 47.8 Å². The van der Waals surface area contributed by atoms with E-state index in [0.29, 0.717) is 6.42 Å². The molecule has 0 saturated carbocycles. The number of amides is 1. The van der Waals surface area contributed by atoms with Crippen LogP contribution in [0.15, 0.2) is 22.7 Å². The van der Waals surface area contributed by atoms with Gasteiger partial charge in [-0.3, -0.25) is 4.79 Å². The minimum Gasteiger partial charge on any atom is -0.480 e. The quantitative estimate of drug-likeness (QED) is 0.857. The molecule has 19 heavy (non-hydrogen) atoms. The Hall–Kier alpha value is -1.07. The molecule has 1 rings (SSSR count). The molecule has 0 radical (unpaired) electrons. The first-order valence-corrected chi connectivity index (χ1v) is 7.02. The summed E-state index contributed by atoms with van der Waals surface area (Å²) in [6, 6.07) is 3.91. The fourth-order valence-corrected chi connectivity index (χ4v) is 2.33. The lowest BCUT2D eigenvalue weighted by molar-refractivity contribution is -0.140. The van der Waals surface area contributed by atoms with Crippen LogP contribution in [-0.2, 0) is 4.79 Å². The zero-order valence-electron chi connectivity index (χ0n) is 10.6. The Balaban J connectivity index is 2.91. The molecule has 4 nitrogen and oxygen atoms in total. The lowest BCUT2D eigenvalue weighted by Gasteiger charge is -2.20. The van der Waals surface area contributed by atoms with Crippen molar-refractivity contribution in [2.75, 3.05) is 0 Å². The third kappa shape index (κ3) is 4.21. The molecule has 1 amide bonds. The zero-order chi connectivity index (χ0) is 14.6. The number of hydrogen-bond acceptors (Lipinski definition) is 2. The fraction of sp³-hybridized carbons (Fsp3) is 0.385. The van der Waals surface area contributed by atoms with Gasteiger partial charge in [0.05, 0.1) is 10.6 Å². The summed E-state index contributed by atoms with van der Waals surface area (Å²) in [5.41, 5.74) is 0.263. The van der Waals surface area contributed by atoms with E-state index >= 15 is 0 Å². The van der Waals surface area contributed by atoms with Crippen LogP contribution in [0.2, 0.25) is 5.02 Å². The Kier molecular flexibility index (Phi) is 5.82. The largest absolute Gasteiger partial charge is 0.480 e. The van der Waals surface area contributed by atoms with Gasteiger partial charge < -0.3 is 10.4 Å². The van der Waals surface area contributed by atoms with Gasteiger partial charge in [0.2, 0.25) is 0 Å². The molecule has 0 bridgehead atoms. The van der Waals surface area contributed by atoms with Crippen LogP contribution in [0.5, 0.6) is 0 Å². The highest BCUT2D eigenvalue weighted by Gasteiger charge is 2.26. The van der Waals surface area contributed by atoms with E-state index in [9.17, 15) is 9.59 Å². The van der Waals surface area contributed by atoms with Crippen LogP contribution in [0.1, 0.15) is 30.6 Å². The van der Waals surface area contributed by atoms with Crippen molar-refractivity contribution in [3.63, 3.8) is 0 Å². The molecule has 0 aliphatic carbocycles. The maximum Gasteiger partial charge on any atom is 0.326 e. The highest BCUT2D eigenvalue weighted by Crippen LogP contribution is 2.21. The topological polar surface area (TPSA) is 66.4 Å². The van der Waals surface area contributed by atoms with E-state index in [2.05, 4.69) is 21.2 Å². The summed E-state index contributed by atoms with van der Waals surface area (Å²) in [7, 11) is 0. The van der Waals surface area contributed by atoms with E-state index < -0.39 is 17.9 Å². The third-order valence-corrected chi connectivity index (χ3v) is 3.75. The molecule has 2 N–H and O–H groups in total. The Labute approximate surface area is 125 Å². The summed E-state index contributed by atoms with van der Waals surface area (Å²) in [6.07, 6.45) is 0.658. The molecule has 0 aliphatic rings. The van der Waals surface area contributed by atoms with Crippen molar-refractivity contribution < 1.29 is 14.7 Å². The van der Waals surface area contributed by atoms with Gasteiger partial charge in [-0.25, -0.2) is 4.79 Å². The number of halogens is 2. The summed E-state index contributed by atoms with van der Waals surface area (Å²) < 4.78 is 0.755. The zero-order valence-corrected chi connectivity index (χ0v) is 13.0. The second-order valence-electron chi connectivity index (χ2n) is 4.30. The predicted molar refractivity (Wildman–Crippen MR) is 77.5 cm³/mol. The van der Waals surface area contributed by atoms with Crippen LogP contribution >= 0.6 is 27.5 Å². The Bertz CT molecular complexity index is 493. The first-order chi connectivity index (χ1) is 8.86. The van der Waals surface area contributed by atoms with Crippen LogP contribution in [0, 0.1) is 5.92 Å². The van der Waals surface area contributed by atoms with Crippen molar-refractivity contribution in [1.29, 1.82) is 0 Å². The van der Waals surface area contributed by atoms with Gasteiger partial charge in [-0.05, 0) is 24.1 Å². The maximum absolute atomic E-state index is 12.0. The van der Waals surface area contributed by atoms with Gasteiger partial charge in [0.15, 0.2) is 0 Å². The van der Waals surface area contributed by atoms with Gasteiger partial charge >= 0.3 is 5.97 Å². The smallest absolute Gasteiger partial charge is 0.326 e. The standard InChI is InChI=1S/C13H15BrClNO3/c1-3-7(2)11(13(18)19)16-12(17)9-5-4-8(14)6-10(9)15/h4-7,11H,3H2,1-2H3,(H,16,17)(H,18,19)/t7?,11-/m0/s1. The molecule has 0 aliphatic heterocycles. The van der Waals surface area contributed by atoms with Crippen molar-refractivity contribution in [2.24, 2.45) is 5.92 Å². The van der Waals surface area contributed by atoms with Gasteiger partial charge in [0.1, 0.15) is 6.04 Å². The van der Waals surface area contributed by atoms with E-state index in [1.54, 1.807) is 25.1 Å². The maximum atomic E-state index is 12.0. The van der Waals surface area contributed by atoms with Gasteiger partial charge in [-0.15, -0.1) is 0 Å². The summed E-state index contributed by atoms with van der Waals surface area (Å²) in [5, 5.41) is 11.9. The molecule has 0 spiro atoms. The second-order valence-corrected chi connectivity index (χ2v) is 5.62. The molecular formula is C13H15BrClNO3. The van der Waals surface area contributed by atoms with Gasteiger partial charge in [0, 0.05) is 4.47 Å². The van der Waals surface area contributed by atoms with E-state index in [1.807, 2.05) is 6.92 Å². The van der Waals surface area contributed by atoms with E-state index in [1.165, 1.54) is 0 Å². The van der Waals surface area contributed by atoms with Crippen LogP contribution in [0.25, 0.3) is 0 Å². The van der Waals surface area contributed by atoms with Gasteiger partial charge in [0.25, 0.3) is 5.91 Å². The van der Waals surface area contributed by atoms with Crippen molar-refractivity contribution in [3.8, 4) is 0 Å². The number of benzene rings is 1. The molecule has 2 atom stereocenters. The van der Waals surface area contributed by atoms with Crippen molar-refractivity contribution in [1.82, 2.24) is 5.32 Å². The summed E-state index contributed by atoms with van der Waals surface area (Å²) in [5.74, 6) is -1.68. The number of carboxylic acids is 1. The number of nitrogens with one attached hydrogen (secondary N) is 1. The summed E-state index contributed by atoms with van der Waals surface area (Å²) in [4.78, 5) is 23.2. The molecule has 1 aromatic rings. The molecule has 0 saturated heterocycles. The summed E-state index contributed by atoms with van der Waals surface area (Å²) in [6.45, 7) is 3.65. The van der Waals surface area contributed by atoms with Crippen LogP contribution < -0.4 is 5.32 Å². The molecule has 0 fully saturated rings. The number of rotatable bonds is 5. The Morgan fingerprint density at radius 1 is 1.47 bits per heavy atom. The molecular weight excluding hydrogens is 334 g/mol. The number of hydrogen-bond donors (Lipinski definition) is 2. The summed E-state index contributed by atoms with van der Waals surface area (Å²) >= 11 is 9.21. The van der Waals surface area contributed by atoms with E-state index in [4.69, 9.17) is 16.7 Å². The SMILES string of the molecule is CCC(C)[C@H](NC(=O)c1ccc(Br)cc1Cl)C(=O)O. The minimum absolute atomic E-state index is 0.157. The molecule has 1 unspecified atom stereocenters. The Morgan fingerprint density at radius 2 is 2.11 bits per heavy atom. The molecule has 104 valence electrons. The lowest BCUT2D eigenvalue weighted by Crippen LogP contribution is -2.45.